The van der Waals surface area contributed by atoms with Crippen molar-refractivity contribution in [3.05, 3.63) is 23.8 Å². The van der Waals surface area contributed by atoms with E-state index in [0.717, 1.165) is 24.2 Å². The van der Waals surface area contributed by atoms with E-state index in [1.165, 1.54) is 0 Å². The van der Waals surface area contributed by atoms with Crippen LogP contribution in [0, 0.1) is 0 Å². The Labute approximate surface area is 110 Å². The summed E-state index contributed by atoms with van der Waals surface area (Å²) in [6.45, 7) is 8.96. The third-order valence-electron chi connectivity index (χ3n) is 2.90. The fourth-order valence-corrected chi connectivity index (χ4v) is 2.02. The van der Waals surface area contributed by atoms with Crippen molar-refractivity contribution in [1.82, 2.24) is 0 Å². The molecule has 0 spiro atoms. The molecule has 1 N–H and O–H groups in total. The Morgan fingerprint density at radius 2 is 1.67 bits per heavy atom. The molecule has 0 aliphatic rings. The Morgan fingerprint density at radius 1 is 1.06 bits per heavy atom. The molecule has 0 radical (unpaired) electrons. The van der Waals surface area contributed by atoms with Gasteiger partial charge in [-0.1, -0.05) is 19.4 Å². The summed E-state index contributed by atoms with van der Waals surface area (Å²) in [5, 5.41) is 10.4. The first kappa shape index (κ1) is 14.8. The van der Waals surface area contributed by atoms with Gasteiger partial charge in [-0.3, -0.25) is 0 Å². The first-order valence-corrected chi connectivity index (χ1v) is 6.67. The highest BCUT2D eigenvalue weighted by Crippen LogP contribution is 2.34. The SMILES string of the molecule is CCCC(C)(O)c1ccc(OCC)c(OCC)c1. The Morgan fingerprint density at radius 3 is 2.22 bits per heavy atom. The van der Waals surface area contributed by atoms with Gasteiger partial charge in [0.25, 0.3) is 0 Å². The van der Waals surface area contributed by atoms with E-state index >= 15 is 0 Å². The molecule has 3 heteroatoms. The molecule has 0 fully saturated rings. The normalized spacial score (nSPS) is 14.1. The predicted molar refractivity (Wildman–Crippen MR) is 73.3 cm³/mol. The predicted octanol–water partition coefficient (Wildman–Crippen LogP) is 3.49. The second kappa shape index (κ2) is 6.64. The van der Waals surface area contributed by atoms with Crippen molar-refractivity contribution in [2.45, 2.75) is 46.1 Å². The minimum absolute atomic E-state index is 0.583. The van der Waals surface area contributed by atoms with Crippen molar-refractivity contribution in [1.29, 1.82) is 0 Å². The molecule has 0 aromatic heterocycles. The summed E-state index contributed by atoms with van der Waals surface area (Å²) >= 11 is 0. The summed E-state index contributed by atoms with van der Waals surface area (Å²) in [6.07, 6.45) is 1.66. The van der Waals surface area contributed by atoms with Crippen LogP contribution in [0.2, 0.25) is 0 Å². The van der Waals surface area contributed by atoms with Crippen LogP contribution in [0.4, 0.5) is 0 Å². The van der Waals surface area contributed by atoms with E-state index in [4.69, 9.17) is 9.47 Å². The lowest BCUT2D eigenvalue weighted by atomic mass is 9.91. The summed E-state index contributed by atoms with van der Waals surface area (Å²) in [7, 11) is 0. The minimum Gasteiger partial charge on any atom is -0.490 e. The smallest absolute Gasteiger partial charge is 0.161 e. The number of aliphatic hydroxyl groups is 1. The summed E-state index contributed by atoms with van der Waals surface area (Å²) < 4.78 is 11.1. The number of benzene rings is 1. The number of hydrogen-bond acceptors (Lipinski definition) is 3. The third kappa shape index (κ3) is 3.64. The second-order valence-corrected chi connectivity index (χ2v) is 4.55. The van der Waals surface area contributed by atoms with Gasteiger partial charge in [0.1, 0.15) is 0 Å². The van der Waals surface area contributed by atoms with E-state index in [0.29, 0.717) is 19.0 Å². The van der Waals surface area contributed by atoms with E-state index < -0.39 is 5.60 Å². The van der Waals surface area contributed by atoms with E-state index in [1.54, 1.807) is 0 Å². The Bertz CT molecular complexity index is 372. The van der Waals surface area contributed by atoms with Crippen LogP contribution >= 0.6 is 0 Å². The first-order valence-electron chi connectivity index (χ1n) is 6.67. The average Bonchev–Trinajstić information content (AvgIpc) is 2.31. The average molecular weight is 252 g/mol. The van der Waals surface area contributed by atoms with Crippen molar-refractivity contribution in [2.24, 2.45) is 0 Å². The molecule has 102 valence electrons. The highest BCUT2D eigenvalue weighted by Gasteiger charge is 2.23. The molecule has 0 saturated carbocycles. The van der Waals surface area contributed by atoms with Crippen molar-refractivity contribution >= 4 is 0 Å². The molecule has 1 aromatic rings. The van der Waals surface area contributed by atoms with E-state index in [2.05, 4.69) is 6.92 Å². The van der Waals surface area contributed by atoms with E-state index in [1.807, 2.05) is 39.0 Å². The van der Waals surface area contributed by atoms with E-state index in [9.17, 15) is 5.11 Å². The van der Waals surface area contributed by atoms with Gasteiger partial charge in [0, 0.05) is 0 Å². The maximum atomic E-state index is 10.4. The molecule has 0 saturated heterocycles. The molecule has 0 bridgehead atoms. The molecule has 0 aliphatic heterocycles. The molecule has 1 rings (SSSR count). The zero-order chi connectivity index (χ0) is 13.6. The maximum Gasteiger partial charge on any atom is 0.161 e. The van der Waals surface area contributed by atoms with Crippen LogP contribution in [-0.2, 0) is 5.60 Å². The van der Waals surface area contributed by atoms with Crippen LogP contribution < -0.4 is 9.47 Å². The van der Waals surface area contributed by atoms with Crippen molar-refractivity contribution in [3.8, 4) is 11.5 Å². The maximum absolute atomic E-state index is 10.4. The summed E-state index contributed by atoms with van der Waals surface area (Å²) in [5.41, 5.74) is 0.0574. The number of hydrogen-bond donors (Lipinski definition) is 1. The van der Waals surface area contributed by atoms with Gasteiger partial charge in [-0.05, 0) is 44.9 Å². The Balaban J connectivity index is 3.05. The highest BCUT2D eigenvalue weighted by molar-refractivity contribution is 5.44. The van der Waals surface area contributed by atoms with Gasteiger partial charge in [0.2, 0.25) is 0 Å². The molecule has 0 amide bonds. The minimum atomic E-state index is -0.814. The Hall–Kier alpha value is -1.22. The lowest BCUT2D eigenvalue weighted by Gasteiger charge is -2.24. The van der Waals surface area contributed by atoms with Crippen molar-refractivity contribution in [3.63, 3.8) is 0 Å². The molecule has 1 aromatic carbocycles. The van der Waals surface area contributed by atoms with Gasteiger partial charge in [-0.2, -0.15) is 0 Å². The van der Waals surface area contributed by atoms with Gasteiger partial charge < -0.3 is 14.6 Å². The zero-order valence-corrected chi connectivity index (χ0v) is 11.8. The van der Waals surface area contributed by atoms with Crippen molar-refractivity contribution in [2.75, 3.05) is 13.2 Å². The molecular formula is C15H24O3. The topological polar surface area (TPSA) is 38.7 Å². The zero-order valence-electron chi connectivity index (χ0n) is 11.8. The van der Waals surface area contributed by atoms with Gasteiger partial charge >= 0.3 is 0 Å². The summed E-state index contributed by atoms with van der Waals surface area (Å²) in [5.74, 6) is 1.43. The van der Waals surface area contributed by atoms with Crippen LogP contribution in [-0.4, -0.2) is 18.3 Å². The lowest BCUT2D eigenvalue weighted by Crippen LogP contribution is -2.20. The third-order valence-corrected chi connectivity index (χ3v) is 2.90. The van der Waals surface area contributed by atoms with Gasteiger partial charge in [0.15, 0.2) is 11.5 Å². The second-order valence-electron chi connectivity index (χ2n) is 4.55. The fourth-order valence-electron chi connectivity index (χ4n) is 2.02. The Kier molecular flexibility index (Phi) is 5.48. The molecule has 0 aliphatic carbocycles. The summed E-state index contributed by atoms with van der Waals surface area (Å²) in [4.78, 5) is 0. The molecule has 0 heterocycles. The lowest BCUT2D eigenvalue weighted by molar-refractivity contribution is 0.0466. The number of rotatable bonds is 7. The molecule has 3 nitrogen and oxygen atoms in total. The monoisotopic (exact) mass is 252 g/mol. The van der Waals surface area contributed by atoms with Gasteiger partial charge in [-0.25, -0.2) is 0 Å². The van der Waals surface area contributed by atoms with Crippen LogP contribution in [0.5, 0.6) is 11.5 Å². The first-order chi connectivity index (χ1) is 8.55. The number of ether oxygens (including phenoxy) is 2. The highest BCUT2D eigenvalue weighted by atomic mass is 16.5. The van der Waals surface area contributed by atoms with Crippen LogP contribution in [0.1, 0.15) is 46.1 Å². The molecular weight excluding hydrogens is 228 g/mol. The van der Waals surface area contributed by atoms with Crippen LogP contribution in [0.3, 0.4) is 0 Å². The molecule has 18 heavy (non-hydrogen) atoms. The van der Waals surface area contributed by atoms with Gasteiger partial charge in [0.05, 0.1) is 18.8 Å². The van der Waals surface area contributed by atoms with Crippen LogP contribution in [0.15, 0.2) is 18.2 Å². The van der Waals surface area contributed by atoms with Crippen LogP contribution in [0.25, 0.3) is 0 Å². The van der Waals surface area contributed by atoms with Gasteiger partial charge in [-0.15, -0.1) is 0 Å². The van der Waals surface area contributed by atoms with E-state index in [-0.39, 0.29) is 0 Å². The molecule has 1 atom stereocenters. The summed E-state index contributed by atoms with van der Waals surface area (Å²) in [6, 6.07) is 5.65. The quantitative estimate of drug-likeness (QED) is 0.807. The molecule has 1 unspecified atom stereocenters. The standard InChI is InChI=1S/C15H24O3/c1-5-10-15(4,16)12-8-9-13(17-6-2)14(11-12)18-7-3/h8-9,11,16H,5-7,10H2,1-4H3. The fraction of sp³-hybridized carbons (Fsp3) is 0.600. The van der Waals surface area contributed by atoms with Crippen molar-refractivity contribution < 1.29 is 14.6 Å². The largest absolute Gasteiger partial charge is 0.490 e.